The zero-order valence-electron chi connectivity index (χ0n) is 29.1. The molecule has 1 aliphatic heterocycles. The van der Waals surface area contributed by atoms with Crippen molar-refractivity contribution in [2.45, 2.75) is 75.5 Å². The van der Waals surface area contributed by atoms with Gasteiger partial charge in [0.25, 0.3) is 5.91 Å². The molecular formula is C45H81NO8. The number of aliphatic hydroxyl groups is 5. The molecule has 7 atom stereocenters. The van der Waals surface area contributed by atoms with E-state index < -0.39 is 55.4 Å². The Bertz CT molecular complexity index is 2290. The van der Waals surface area contributed by atoms with E-state index in [2.05, 4.69) is 147 Å². The van der Waals surface area contributed by atoms with Gasteiger partial charge in [0.1, 0.15) is 24.4 Å². The van der Waals surface area contributed by atoms with Gasteiger partial charge < -0.3 is 40.3 Å². The van der Waals surface area contributed by atoms with Crippen molar-refractivity contribution in [1.82, 2.24) is 5.32 Å². The molecule has 54 heavy (non-hydrogen) atoms. The van der Waals surface area contributed by atoms with E-state index in [1.54, 1.807) is 6.92 Å². The van der Waals surface area contributed by atoms with Crippen LogP contribution in [0.15, 0.2) is 30.3 Å². The third-order valence-corrected chi connectivity index (χ3v) is 6.74. The summed E-state index contributed by atoms with van der Waals surface area (Å²) in [5.74, 6) is 58.6. The first-order valence-electron chi connectivity index (χ1n) is 16.2. The lowest BCUT2D eigenvalue weighted by Gasteiger charge is -2.40. The quantitative estimate of drug-likeness (QED) is 0.136. The maximum Gasteiger partial charge on any atom is 0.297 e. The van der Waals surface area contributed by atoms with Gasteiger partial charge in [-0.05, 0) is 126 Å². The van der Waals surface area contributed by atoms with E-state index in [0.717, 1.165) is 18.4 Å². The first-order valence-corrected chi connectivity index (χ1v) is 16.2. The van der Waals surface area contributed by atoms with Crippen molar-refractivity contribution >= 4 is 5.91 Å². The number of hydrogen-bond donors (Lipinski definition) is 6. The highest BCUT2D eigenvalue weighted by molar-refractivity contribution is 5.94. The van der Waals surface area contributed by atoms with Gasteiger partial charge >= 0.3 is 0 Å². The molecule has 2 unspecified atom stereocenters. The van der Waals surface area contributed by atoms with Gasteiger partial charge in [-0.2, -0.15) is 0 Å². The van der Waals surface area contributed by atoms with Gasteiger partial charge in [-0.25, -0.2) is 0 Å². The molecule has 1 amide bonds. The monoisotopic (exact) mass is 764 g/mol. The Morgan fingerprint density at radius 2 is 1.20 bits per heavy atom. The van der Waals surface area contributed by atoms with E-state index in [0.29, 0.717) is 12.8 Å². The van der Waals surface area contributed by atoms with E-state index >= 15 is 0 Å². The van der Waals surface area contributed by atoms with Crippen LogP contribution in [-0.4, -0.2) is 87.5 Å². The van der Waals surface area contributed by atoms with Gasteiger partial charge in [-0.3, -0.25) is 4.79 Å². The molecule has 314 valence electrons. The summed E-state index contributed by atoms with van der Waals surface area (Å²) >= 11 is 0. The van der Waals surface area contributed by atoms with Crippen molar-refractivity contribution in [3.05, 3.63) is 35.9 Å². The second-order valence-electron chi connectivity index (χ2n) is 10.5. The Balaban J connectivity index is -0.0000000600. The zero-order valence-corrected chi connectivity index (χ0v) is 29.1. The largest absolute Gasteiger partial charge is 0.394 e. The predicted molar refractivity (Wildman–Crippen MR) is 251 cm³/mol. The van der Waals surface area contributed by atoms with Gasteiger partial charge in [-0.1, -0.05) is 42.7 Å². The van der Waals surface area contributed by atoms with E-state index in [9.17, 15) is 30.3 Å². The maximum absolute atomic E-state index is 12.6. The summed E-state index contributed by atoms with van der Waals surface area (Å²) in [5.41, 5.74) is 1.16. The number of carbonyl (C=O) groups excluding carboxylic acids is 1. The summed E-state index contributed by atoms with van der Waals surface area (Å²) in [6.45, 7) is 0.695. The molecule has 1 aromatic rings. The summed E-state index contributed by atoms with van der Waals surface area (Å²) in [5, 5.41) is 53.3. The zero-order chi connectivity index (χ0) is 39.1. The summed E-state index contributed by atoms with van der Waals surface area (Å²) < 4.78 is 11.0. The molecule has 0 bridgehead atoms. The molecule has 0 radical (unpaired) electrons. The molecule has 0 aromatic heterocycles. The number of rotatable bonds is 11. The Hall–Kier alpha value is -6.87. The van der Waals surface area contributed by atoms with Crippen LogP contribution in [0.3, 0.4) is 0 Å². The van der Waals surface area contributed by atoms with E-state index in [-0.39, 0.29) is 40.8 Å². The van der Waals surface area contributed by atoms with Crippen LogP contribution in [0.4, 0.5) is 0 Å². The fourth-order valence-electron chi connectivity index (χ4n) is 4.16. The highest BCUT2D eigenvalue weighted by Crippen LogP contribution is 2.22. The number of aryl methyl sites for hydroxylation is 1. The number of ether oxygens (including phenoxy) is 2. The normalized spacial score (nSPS) is 17.7. The Morgan fingerprint density at radius 3 is 1.69 bits per heavy atom. The molecule has 9 heteroatoms. The minimum Gasteiger partial charge on any atom is -0.394 e. The topological polar surface area (TPSA) is 149 Å². The van der Waals surface area contributed by atoms with Crippen molar-refractivity contribution in [1.29, 1.82) is 0 Å². The Kier molecular flexibility index (Phi) is 22.3. The van der Waals surface area contributed by atoms with Crippen LogP contribution in [0.1, 0.15) is 66.0 Å². The van der Waals surface area contributed by atoms with Gasteiger partial charge in [0.05, 0.1) is 25.4 Å². The van der Waals surface area contributed by atoms with Crippen LogP contribution in [0.2, 0.25) is 0 Å². The number of amides is 1. The van der Waals surface area contributed by atoms with Crippen LogP contribution in [0.25, 0.3) is 0 Å². The van der Waals surface area contributed by atoms with Crippen molar-refractivity contribution in [2.24, 2.45) is 0 Å². The van der Waals surface area contributed by atoms with Crippen molar-refractivity contribution in [3.8, 4) is 142 Å². The number of benzene rings is 1. The number of nitrogens with one attached hydrogen (secondary N) is 1. The second kappa shape index (κ2) is 27.8. The Morgan fingerprint density at radius 1 is 0.722 bits per heavy atom. The highest BCUT2D eigenvalue weighted by Gasteiger charge is 2.44. The average molecular weight is 764 g/mol. The minimum absolute atomic E-state index is 0. The summed E-state index contributed by atoms with van der Waals surface area (Å²) in [6.07, 6.45) is -6.03. The molecule has 1 fully saturated rings. The highest BCUT2D eigenvalue weighted by atomic mass is 16.7. The molecule has 2 rings (SSSR count). The van der Waals surface area contributed by atoms with Gasteiger partial charge in [0.15, 0.2) is 6.29 Å². The maximum atomic E-state index is 12.6. The molecule has 1 aromatic carbocycles. The SMILES string of the molecule is CC#CC#CC#CC#CC#CC#CC#CC#CC#CC#CC#CC#CC(=O)N[C@@H](CO[C@H]1OC(CO)[C@H](O)[C@H](O)C1O)[C@H](O)CCCCc1ccccc1.[HH].[HH].[HH].[HH].[HH].[HH].[HH].[HH].[HH].[HH].[HH].[HH].[HH].[HH].[HH].[HH].[HH].[HH].[HH].[HH].[HH].[HH].[HH].[HH]. The lowest BCUT2D eigenvalue weighted by Crippen LogP contribution is -2.60. The molecule has 1 heterocycles. The predicted octanol–water partition coefficient (Wildman–Crippen LogP) is 5.03. The fraction of sp³-hybridized carbons (Fsp3) is 0.311. The molecule has 0 spiro atoms. The summed E-state index contributed by atoms with van der Waals surface area (Å²) in [7, 11) is 0. The summed E-state index contributed by atoms with van der Waals surface area (Å²) in [4.78, 5) is 12.6. The minimum atomic E-state index is -1.65. The van der Waals surface area contributed by atoms with Crippen LogP contribution in [0, 0.1) is 142 Å². The van der Waals surface area contributed by atoms with Crippen LogP contribution in [-0.2, 0) is 20.7 Å². The lowest BCUT2D eigenvalue weighted by atomic mass is 9.99. The standard InChI is InChI=1S/C45H33NO8.24H2/c1-2-3-4-5-6-7-8-9-10-11-12-13-14-15-16-17-18-19-20-21-22-23-27-34-41(49)46-38(39(48)33-29-28-32-37-30-25-24-26-31-37)36-53-45-44(52)43(51)42(50)40(35-47)54-45;;;;;;;;;;;;;;;;;;;;;;;;/h24-26,30-31,38-40,42-45,47-48,50-52H,28-29,32-33,35-36H2,1H3,(H,46,49);24*1H/t38-,39+,40?,42-,43-,44?,45-;;;;;;;;;;;;;;;;;;;;;;;;/m0......................../s1. The van der Waals surface area contributed by atoms with Crippen molar-refractivity contribution in [2.75, 3.05) is 13.2 Å². The lowest BCUT2D eigenvalue weighted by molar-refractivity contribution is -0.302. The number of aliphatic hydroxyl groups excluding tert-OH is 5. The molecule has 1 saturated heterocycles. The molecule has 1 aliphatic rings. The molecular weight excluding hydrogens is 682 g/mol. The van der Waals surface area contributed by atoms with E-state index in [1.165, 1.54) is 0 Å². The van der Waals surface area contributed by atoms with Crippen LogP contribution < -0.4 is 5.32 Å². The molecule has 9 nitrogen and oxygen atoms in total. The first kappa shape index (κ1) is 43.3. The molecule has 0 aliphatic carbocycles. The number of carbonyl (C=O) groups is 1. The fourth-order valence-corrected chi connectivity index (χ4v) is 4.16. The molecule has 0 saturated carbocycles. The number of hydrogen-bond acceptors (Lipinski definition) is 8. The smallest absolute Gasteiger partial charge is 0.297 e. The summed E-state index contributed by atoms with van der Waals surface area (Å²) in [6, 6.07) is 8.87. The Labute approximate surface area is 352 Å². The molecule has 6 N–H and O–H groups in total. The third kappa shape index (κ3) is 18.9. The second-order valence-corrected chi connectivity index (χ2v) is 10.5. The van der Waals surface area contributed by atoms with Crippen molar-refractivity contribution < 1.29 is 74.0 Å². The average Bonchev–Trinajstić information content (AvgIpc) is 3.18. The first-order chi connectivity index (χ1) is 26.4. The van der Waals surface area contributed by atoms with Gasteiger partial charge in [0.2, 0.25) is 0 Å². The van der Waals surface area contributed by atoms with E-state index in [4.69, 9.17) is 9.47 Å². The van der Waals surface area contributed by atoms with Crippen molar-refractivity contribution in [3.63, 3.8) is 0 Å². The third-order valence-electron chi connectivity index (χ3n) is 6.74. The van der Waals surface area contributed by atoms with E-state index in [1.807, 2.05) is 30.3 Å². The van der Waals surface area contributed by atoms with Crippen LogP contribution >= 0.6 is 0 Å². The van der Waals surface area contributed by atoms with Crippen LogP contribution in [0.5, 0.6) is 0 Å². The van der Waals surface area contributed by atoms with Gasteiger partial charge in [0, 0.05) is 75.7 Å². The van der Waals surface area contributed by atoms with Gasteiger partial charge in [-0.15, -0.1) is 0 Å². The number of unbranched alkanes of at least 4 members (excludes halogenated alkanes) is 1.